The molecule has 0 radical (unpaired) electrons. The second-order valence-electron chi connectivity index (χ2n) is 7.76. The van der Waals surface area contributed by atoms with Crippen molar-refractivity contribution in [3.63, 3.8) is 0 Å². The van der Waals surface area contributed by atoms with E-state index in [1.54, 1.807) is 6.07 Å². The number of rotatable bonds is 4. The molecule has 1 aromatic heterocycles. The number of nitrogens with zero attached hydrogens (tertiary/aromatic N) is 1. The summed E-state index contributed by atoms with van der Waals surface area (Å²) in [6.45, 7) is 1.91. The standard InChI is InChI=1S/C27H20FNO2/c1-17-23(22-11-8-20(28)15-25(22)24(17)16-27(30)31)14-18-6-9-21(10-7-18)29-13-12-19-4-2-3-5-26(19)29/h2-15H,16H2,1H3,(H,30,31)/b23-14-. The number of para-hydroxylation sites is 1. The third-order valence-corrected chi connectivity index (χ3v) is 5.86. The Bertz CT molecular complexity index is 1390. The Morgan fingerprint density at radius 2 is 1.77 bits per heavy atom. The van der Waals surface area contributed by atoms with Crippen molar-refractivity contribution in [1.29, 1.82) is 0 Å². The molecule has 31 heavy (non-hydrogen) atoms. The quantitative estimate of drug-likeness (QED) is 0.414. The minimum atomic E-state index is -0.922. The maximum Gasteiger partial charge on any atom is 0.307 e. The van der Waals surface area contributed by atoms with Crippen molar-refractivity contribution in [1.82, 2.24) is 4.57 Å². The second kappa shape index (κ2) is 7.40. The summed E-state index contributed by atoms with van der Waals surface area (Å²) in [5, 5.41) is 10.5. The van der Waals surface area contributed by atoms with Gasteiger partial charge in [0.15, 0.2) is 0 Å². The average molecular weight is 409 g/mol. The summed E-state index contributed by atoms with van der Waals surface area (Å²) in [6.07, 6.45) is 3.97. The van der Waals surface area contributed by atoms with E-state index >= 15 is 0 Å². The molecule has 1 aliphatic carbocycles. The van der Waals surface area contributed by atoms with Crippen LogP contribution in [0.25, 0.3) is 33.8 Å². The molecule has 0 fully saturated rings. The molecule has 0 bridgehead atoms. The molecule has 3 aromatic carbocycles. The van der Waals surface area contributed by atoms with Crippen molar-refractivity contribution >= 4 is 34.1 Å². The first-order chi connectivity index (χ1) is 15.0. The number of aromatic nitrogens is 1. The summed E-state index contributed by atoms with van der Waals surface area (Å²) in [7, 11) is 0. The van der Waals surface area contributed by atoms with E-state index in [9.17, 15) is 14.3 Å². The molecular formula is C27H20FNO2. The highest BCUT2D eigenvalue weighted by molar-refractivity contribution is 6.07. The highest BCUT2D eigenvalue weighted by Gasteiger charge is 2.25. The van der Waals surface area contributed by atoms with Crippen LogP contribution in [0, 0.1) is 5.82 Å². The minimum absolute atomic E-state index is 0.126. The molecule has 5 rings (SSSR count). The van der Waals surface area contributed by atoms with Gasteiger partial charge in [0.05, 0.1) is 11.9 Å². The summed E-state index contributed by atoms with van der Waals surface area (Å²) in [5.41, 5.74) is 7.24. The molecule has 0 saturated heterocycles. The molecule has 1 aliphatic rings. The third kappa shape index (κ3) is 3.36. The number of fused-ring (bicyclic) bond motifs is 2. The Morgan fingerprint density at radius 1 is 1.00 bits per heavy atom. The number of carbonyl (C=O) groups is 1. The van der Waals surface area contributed by atoms with Crippen LogP contribution in [0.15, 0.2) is 84.6 Å². The van der Waals surface area contributed by atoms with Gasteiger partial charge in [-0.3, -0.25) is 4.79 Å². The molecule has 0 amide bonds. The highest BCUT2D eigenvalue weighted by Crippen LogP contribution is 2.43. The van der Waals surface area contributed by atoms with Crippen molar-refractivity contribution in [3.8, 4) is 5.69 Å². The lowest BCUT2D eigenvalue weighted by Gasteiger charge is -2.07. The smallest absolute Gasteiger partial charge is 0.307 e. The lowest BCUT2D eigenvalue weighted by atomic mass is 10.0. The molecule has 0 aliphatic heterocycles. The number of halogens is 1. The normalized spacial score (nSPS) is 14.5. The van der Waals surface area contributed by atoms with Gasteiger partial charge in [0.1, 0.15) is 5.82 Å². The average Bonchev–Trinajstić information content (AvgIpc) is 3.29. The van der Waals surface area contributed by atoms with Gasteiger partial charge in [0.25, 0.3) is 0 Å². The lowest BCUT2D eigenvalue weighted by Crippen LogP contribution is -1.97. The first-order valence-corrected chi connectivity index (χ1v) is 10.1. The van der Waals surface area contributed by atoms with E-state index in [0.717, 1.165) is 33.5 Å². The SMILES string of the molecule is CC1=C(CC(=O)O)c2cc(F)ccc2/C1=C\c1ccc(-n2ccc3ccccc32)cc1. The summed E-state index contributed by atoms with van der Waals surface area (Å²) in [5.74, 6) is -1.28. The zero-order valence-electron chi connectivity index (χ0n) is 17.0. The summed E-state index contributed by atoms with van der Waals surface area (Å²) >= 11 is 0. The van der Waals surface area contributed by atoms with Gasteiger partial charge in [0.2, 0.25) is 0 Å². The van der Waals surface area contributed by atoms with Gasteiger partial charge in [-0.05, 0) is 88.2 Å². The van der Waals surface area contributed by atoms with Gasteiger partial charge in [-0.1, -0.05) is 36.4 Å². The van der Waals surface area contributed by atoms with Crippen LogP contribution in [-0.4, -0.2) is 15.6 Å². The summed E-state index contributed by atoms with van der Waals surface area (Å²) in [4.78, 5) is 11.4. The van der Waals surface area contributed by atoms with E-state index in [2.05, 4.69) is 41.1 Å². The van der Waals surface area contributed by atoms with E-state index < -0.39 is 5.97 Å². The highest BCUT2D eigenvalue weighted by atomic mass is 19.1. The fraction of sp³-hybridized carbons (Fsp3) is 0.0741. The first-order valence-electron chi connectivity index (χ1n) is 10.1. The van der Waals surface area contributed by atoms with Crippen LogP contribution in [0.1, 0.15) is 30.0 Å². The largest absolute Gasteiger partial charge is 0.481 e. The molecular weight excluding hydrogens is 389 g/mol. The number of allylic oxidation sites excluding steroid dienone is 2. The minimum Gasteiger partial charge on any atom is -0.481 e. The monoisotopic (exact) mass is 409 g/mol. The van der Waals surface area contributed by atoms with Gasteiger partial charge in [-0.2, -0.15) is 0 Å². The van der Waals surface area contributed by atoms with Crippen molar-refractivity contribution in [3.05, 3.63) is 107 Å². The van der Waals surface area contributed by atoms with E-state index in [1.165, 1.54) is 17.5 Å². The second-order valence-corrected chi connectivity index (χ2v) is 7.76. The van der Waals surface area contributed by atoms with E-state index in [1.807, 2.05) is 37.3 Å². The first kappa shape index (κ1) is 19.1. The number of benzene rings is 3. The van der Waals surface area contributed by atoms with Crippen LogP contribution in [0.5, 0.6) is 0 Å². The molecule has 4 heteroatoms. The number of hydrogen-bond donors (Lipinski definition) is 1. The fourth-order valence-corrected chi connectivity index (χ4v) is 4.34. The Morgan fingerprint density at radius 3 is 2.55 bits per heavy atom. The zero-order valence-corrected chi connectivity index (χ0v) is 17.0. The Balaban J connectivity index is 1.55. The molecule has 0 atom stereocenters. The fourth-order valence-electron chi connectivity index (χ4n) is 4.34. The van der Waals surface area contributed by atoms with E-state index in [-0.39, 0.29) is 12.2 Å². The molecule has 3 nitrogen and oxygen atoms in total. The number of carboxylic acids is 1. The zero-order chi connectivity index (χ0) is 21.5. The number of hydrogen-bond acceptors (Lipinski definition) is 1. The lowest BCUT2D eigenvalue weighted by molar-refractivity contribution is -0.135. The van der Waals surface area contributed by atoms with Crippen molar-refractivity contribution in [2.75, 3.05) is 0 Å². The van der Waals surface area contributed by atoms with E-state index in [0.29, 0.717) is 11.1 Å². The topological polar surface area (TPSA) is 42.2 Å². The summed E-state index contributed by atoms with van der Waals surface area (Å²) in [6, 6.07) is 23.1. The summed E-state index contributed by atoms with van der Waals surface area (Å²) < 4.78 is 16.0. The molecule has 1 N–H and O–H groups in total. The maximum atomic E-state index is 13.9. The molecule has 0 unspecified atom stereocenters. The maximum absolute atomic E-state index is 13.9. The third-order valence-electron chi connectivity index (χ3n) is 5.86. The molecule has 0 saturated carbocycles. The predicted molar refractivity (Wildman–Crippen MR) is 122 cm³/mol. The molecule has 152 valence electrons. The van der Waals surface area contributed by atoms with Gasteiger partial charge >= 0.3 is 5.97 Å². The van der Waals surface area contributed by atoms with Crippen LogP contribution >= 0.6 is 0 Å². The van der Waals surface area contributed by atoms with Crippen LogP contribution in [-0.2, 0) is 4.79 Å². The van der Waals surface area contributed by atoms with Crippen molar-refractivity contribution in [2.45, 2.75) is 13.3 Å². The molecule has 1 heterocycles. The van der Waals surface area contributed by atoms with Gasteiger partial charge < -0.3 is 9.67 Å². The van der Waals surface area contributed by atoms with Crippen LogP contribution in [0.4, 0.5) is 4.39 Å². The number of aliphatic carboxylic acids is 1. The van der Waals surface area contributed by atoms with Crippen LogP contribution in [0.2, 0.25) is 0 Å². The van der Waals surface area contributed by atoms with Crippen molar-refractivity contribution < 1.29 is 14.3 Å². The van der Waals surface area contributed by atoms with Gasteiger partial charge in [-0.25, -0.2) is 4.39 Å². The predicted octanol–water partition coefficient (Wildman–Crippen LogP) is 6.57. The van der Waals surface area contributed by atoms with Gasteiger partial charge in [-0.15, -0.1) is 0 Å². The van der Waals surface area contributed by atoms with Gasteiger partial charge in [0, 0.05) is 11.9 Å². The Hall–Kier alpha value is -3.92. The number of carboxylic acid groups (broad SMARTS) is 1. The van der Waals surface area contributed by atoms with E-state index in [4.69, 9.17) is 0 Å². The molecule has 0 spiro atoms. The van der Waals surface area contributed by atoms with Crippen LogP contribution in [0.3, 0.4) is 0 Å². The van der Waals surface area contributed by atoms with Crippen molar-refractivity contribution in [2.24, 2.45) is 0 Å². The Kier molecular flexibility index (Phi) is 4.55. The van der Waals surface area contributed by atoms with Crippen LogP contribution < -0.4 is 0 Å². The Labute approximate surface area is 179 Å². The molecule has 4 aromatic rings.